The molecule has 1 aliphatic rings. The maximum atomic E-state index is 13.0. The first-order chi connectivity index (χ1) is 16.6. The maximum absolute atomic E-state index is 13.0. The molecule has 7 heteroatoms. The fourth-order valence-corrected chi connectivity index (χ4v) is 6.04. The molecule has 6 nitrogen and oxygen atoms in total. The topological polar surface area (TPSA) is 100 Å². The van der Waals surface area contributed by atoms with Gasteiger partial charge in [-0.2, -0.15) is 0 Å². The molecule has 1 aliphatic heterocycles. The second-order valence-electron chi connectivity index (χ2n) is 8.25. The van der Waals surface area contributed by atoms with E-state index in [4.69, 9.17) is 5.73 Å². The van der Waals surface area contributed by atoms with Crippen molar-refractivity contribution in [2.45, 2.75) is 18.9 Å². The number of carbonyl (C=O) groups excluding carboxylic acids is 2. The highest BCUT2D eigenvalue weighted by Gasteiger charge is 2.22. The fraction of sp³-hybridized carbons (Fsp3) is 0.148. The standard InChI is InChI=1S/C27H25IN4O2/c29-22(12-11-17-7-3-1-4-8-17)27(34)31-19-13-20-24-21(15-28-16-30-26(20)33)25(32-23(24)14-19)18-9-5-2-6-10-18/h1-10,13-15,22,32H,11-12,16,29H2,(H,30,33)(H,31,34). The summed E-state index contributed by atoms with van der Waals surface area (Å²) in [6.45, 7) is 0. The summed E-state index contributed by atoms with van der Waals surface area (Å²) in [4.78, 5) is 29.3. The van der Waals surface area contributed by atoms with Crippen LogP contribution in [0.25, 0.3) is 22.2 Å². The number of carbonyl (C=O) groups is 2. The lowest BCUT2D eigenvalue weighted by Crippen LogP contribution is -2.36. The third-order valence-electron chi connectivity index (χ3n) is 5.93. The van der Waals surface area contributed by atoms with Gasteiger partial charge in [0.15, 0.2) is 0 Å². The van der Waals surface area contributed by atoms with Gasteiger partial charge in [-0.15, -0.1) is 20.7 Å². The molecule has 34 heavy (non-hydrogen) atoms. The average Bonchev–Trinajstić information content (AvgIpc) is 3.22. The summed E-state index contributed by atoms with van der Waals surface area (Å²) in [5.74, 6) is -0.386. The zero-order valence-corrected chi connectivity index (χ0v) is 20.6. The van der Waals surface area contributed by atoms with Crippen molar-refractivity contribution >= 4 is 53.1 Å². The number of halogens is 1. The number of nitrogens with one attached hydrogen (secondary N) is 3. The van der Waals surface area contributed by atoms with Crippen LogP contribution in [-0.2, 0) is 11.2 Å². The van der Waals surface area contributed by atoms with Crippen LogP contribution in [0.5, 0.6) is 0 Å². The summed E-state index contributed by atoms with van der Waals surface area (Å²) in [6.07, 6.45) is 1.26. The third kappa shape index (κ3) is 4.67. The fourth-order valence-electron chi connectivity index (χ4n) is 4.19. The Hall–Kier alpha value is -3.30. The predicted molar refractivity (Wildman–Crippen MR) is 147 cm³/mol. The van der Waals surface area contributed by atoms with Crippen molar-refractivity contribution in [3.63, 3.8) is 0 Å². The molecule has 0 fully saturated rings. The molecule has 172 valence electrons. The lowest BCUT2D eigenvalue weighted by molar-refractivity contribution is -0.117. The van der Waals surface area contributed by atoms with E-state index in [1.165, 1.54) is 0 Å². The van der Waals surface area contributed by atoms with E-state index in [1.807, 2.05) is 54.6 Å². The number of hydrogen-bond donors (Lipinski definition) is 4. The number of aryl methyl sites for hydroxylation is 1. The van der Waals surface area contributed by atoms with Gasteiger partial charge in [0.05, 0.1) is 21.9 Å². The smallest absolute Gasteiger partial charge is 0.252 e. The van der Waals surface area contributed by atoms with Gasteiger partial charge in [0, 0.05) is 22.2 Å². The molecule has 0 aliphatic carbocycles. The van der Waals surface area contributed by atoms with Crippen LogP contribution in [0, 0.1) is 0 Å². The molecular formula is C27H25IN4O2. The van der Waals surface area contributed by atoms with E-state index >= 15 is 0 Å². The van der Waals surface area contributed by atoms with Crippen molar-refractivity contribution in [1.82, 2.24) is 10.3 Å². The molecule has 0 radical (unpaired) electrons. The lowest BCUT2D eigenvalue weighted by atomic mass is 10.0. The number of anilines is 1. The van der Waals surface area contributed by atoms with E-state index in [9.17, 15) is 9.59 Å². The van der Waals surface area contributed by atoms with E-state index in [-0.39, 0.29) is 32.5 Å². The summed E-state index contributed by atoms with van der Waals surface area (Å²) < 4.78 is 2.93. The number of benzene rings is 3. The molecular weight excluding hydrogens is 539 g/mol. The van der Waals surface area contributed by atoms with Gasteiger partial charge in [-0.05, 0) is 40.1 Å². The number of amides is 2. The predicted octanol–water partition coefficient (Wildman–Crippen LogP) is 4.56. The highest BCUT2D eigenvalue weighted by atomic mass is 127. The van der Waals surface area contributed by atoms with Gasteiger partial charge in [-0.3, -0.25) is 9.59 Å². The van der Waals surface area contributed by atoms with E-state index < -0.39 is 6.04 Å². The Kier molecular flexibility index (Phi) is 6.55. The van der Waals surface area contributed by atoms with Crippen LogP contribution in [0.2, 0.25) is 0 Å². The number of H-pyrrole nitrogens is 1. The van der Waals surface area contributed by atoms with Gasteiger partial charge < -0.3 is 21.4 Å². The Labute approximate surface area is 207 Å². The van der Waals surface area contributed by atoms with Crippen molar-refractivity contribution in [1.29, 1.82) is 0 Å². The SMILES string of the molecule is NC(CCc1ccccc1)C(=O)Nc1cc2c3c(c(-c4ccccc4)[nH]c3c1)C=ICNC2=O. The van der Waals surface area contributed by atoms with Gasteiger partial charge in [-0.25, -0.2) is 0 Å². The van der Waals surface area contributed by atoms with Crippen molar-refractivity contribution in [2.75, 3.05) is 9.87 Å². The van der Waals surface area contributed by atoms with Crippen LogP contribution in [0.15, 0.2) is 72.8 Å². The Balaban J connectivity index is 1.47. The molecule has 2 heterocycles. The molecule has 0 saturated carbocycles. The molecule has 0 saturated heterocycles. The minimum atomic E-state index is -0.649. The number of nitrogens with two attached hydrogens (primary N) is 1. The lowest BCUT2D eigenvalue weighted by Gasteiger charge is -2.14. The van der Waals surface area contributed by atoms with E-state index in [0.717, 1.165) is 39.7 Å². The summed E-state index contributed by atoms with van der Waals surface area (Å²) in [6, 6.07) is 23.1. The minimum absolute atomic E-state index is 0.123. The molecule has 1 aromatic heterocycles. The van der Waals surface area contributed by atoms with E-state index in [0.29, 0.717) is 22.2 Å². The highest BCUT2D eigenvalue weighted by molar-refractivity contribution is 14.2. The average molecular weight is 564 g/mol. The Morgan fingerprint density at radius 1 is 1.06 bits per heavy atom. The largest absolute Gasteiger partial charge is 0.354 e. The van der Waals surface area contributed by atoms with Crippen LogP contribution < -0.4 is 16.4 Å². The second kappa shape index (κ2) is 9.90. The molecule has 3 aromatic carbocycles. The van der Waals surface area contributed by atoms with Crippen LogP contribution in [-0.4, -0.2) is 31.4 Å². The first kappa shape index (κ1) is 22.5. The molecule has 0 spiro atoms. The zero-order valence-electron chi connectivity index (χ0n) is 18.5. The third-order valence-corrected chi connectivity index (χ3v) is 7.81. The van der Waals surface area contributed by atoms with Crippen LogP contribution in [0.1, 0.15) is 27.9 Å². The number of aromatic nitrogens is 1. The van der Waals surface area contributed by atoms with Gasteiger partial charge in [0.25, 0.3) is 5.91 Å². The molecule has 1 atom stereocenters. The van der Waals surface area contributed by atoms with Crippen LogP contribution >= 0.6 is 20.7 Å². The molecule has 4 aromatic rings. The molecule has 2 amide bonds. The van der Waals surface area contributed by atoms with Crippen LogP contribution in [0.4, 0.5) is 5.69 Å². The van der Waals surface area contributed by atoms with Gasteiger partial charge in [-0.1, -0.05) is 60.7 Å². The Morgan fingerprint density at radius 3 is 2.56 bits per heavy atom. The van der Waals surface area contributed by atoms with Crippen molar-refractivity contribution in [3.8, 4) is 11.3 Å². The first-order valence-electron chi connectivity index (χ1n) is 11.1. The summed E-state index contributed by atoms with van der Waals surface area (Å²) in [5, 5.41) is 6.82. The highest BCUT2D eigenvalue weighted by Crippen LogP contribution is 2.35. The normalized spacial score (nSPS) is 14.0. The second-order valence-corrected chi connectivity index (χ2v) is 10.5. The number of alkyl halides is 1. The van der Waals surface area contributed by atoms with Gasteiger partial charge in [0.2, 0.25) is 5.91 Å². The van der Waals surface area contributed by atoms with Gasteiger partial charge >= 0.3 is 0 Å². The zero-order chi connectivity index (χ0) is 23.5. The number of rotatable bonds is 6. The quantitative estimate of drug-likeness (QED) is 0.157. The Morgan fingerprint density at radius 2 is 1.79 bits per heavy atom. The van der Waals surface area contributed by atoms with Gasteiger partial charge in [0.1, 0.15) is 0 Å². The first-order valence-corrected chi connectivity index (χ1v) is 13.9. The van der Waals surface area contributed by atoms with Crippen molar-refractivity contribution in [2.24, 2.45) is 5.73 Å². The minimum Gasteiger partial charge on any atom is -0.354 e. The Bertz CT molecular complexity index is 1380. The number of aromatic amines is 1. The molecule has 0 bridgehead atoms. The maximum Gasteiger partial charge on any atom is 0.252 e. The van der Waals surface area contributed by atoms with Crippen molar-refractivity contribution in [3.05, 3.63) is 89.5 Å². The number of hydrogen-bond acceptors (Lipinski definition) is 3. The molecule has 1 unspecified atom stereocenters. The summed E-state index contributed by atoms with van der Waals surface area (Å²) >= 11 is -0.312. The summed E-state index contributed by atoms with van der Waals surface area (Å²) in [5.41, 5.74) is 12.4. The summed E-state index contributed by atoms with van der Waals surface area (Å²) in [7, 11) is 0. The monoisotopic (exact) mass is 564 g/mol. The molecule has 5 rings (SSSR count). The molecule has 5 N–H and O–H groups in total. The van der Waals surface area contributed by atoms with Crippen LogP contribution in [0.3, 0.4) is 0 Å². The van der Waals surface area contributed by atoms with E-state index in [1.54, 1.807) is 6.07 Å². The van der Waals surface area contributed by atoms with Crippen molar-refractivity contribution < 1.29 is 9.59 Å². The van der Waals surface area contributed by atoms with E-state index in [2.05, 4.69) is 31.8 Å².